The van der Waals surface area contributed by atoms with E-state index >= 15 is 0 Å². The van der Waals surface area contributed by atoms with Crippen LogP contribution in [0.5, 0.6) is 0 Å². The van der Waals surface area contributed by atoms with Crippen LogP contribution in [0.3, 0.4) is 0 Å². The molecule has 3 rings (SSSR count). The Morgan fingerprint density at radius 3 is 2.92 bits per heavy atom. The molecule has 0 amide bonds. The standard InChI is InChI=1S/C17H22N6O/c1-11(7-18)8-19-16-20-9-14-15(22-16)23(17(24)21-14)10-13-6-4-3-5-12(13)2/h3-6,9,11H,7-8,10,18H2,1-2H3,(H,21,24)(H,19,20,22). The van der Waals surface area contributed by atoms with E-state index < -0.39 is 0 Å². The van der Waals surface area contributed by atoms with E-state index in [1.54, 1.807) is 10.8 Å². The Bertz CT molecular complexity index is 897. The average molecular weight is 326 g/mol. The molecular formula is C17H22N6O. The Morgan fingerprint density at radius 2 is 2.17 bits per heavy atom. The molecule has 24 heavy (non-hydrogen) atoms. The minimum absolute atomic E-state index is 0.185. The lowest BCUT2D eigenvalue weighted by Gasteiger charge is -2.10. The van der Waals surface area contributed by atoms with Crippen LogP contribution in [0, 0.1) is 12.8 Å². The van der Waals surface area contributed by atoms with Crippen molar-refractivity contribution in [3.8, 4) is 0 Å². The quantitative estimate of drug-likeness (QED) is 0.637. The summed E-state index contributed by atoms with van der Waals surface area (Å²) >= 11 is 0. The van der Waals surface area contributed by atoms with Crippen LogP contribution in [0.2, 0.25) is 0 Å². The summed E-state index contributed by atoms with van der Waals surface area (Å²) in [6.07, 6.45) is 1.63. The van der Waals surface area contributed by atoms with Gasteiger partial charge in [-0.1, -0.05) is 31.2 Å². The van der Waals surface area contributed by atoms with Crippen molar-refractivity contribution >= 4 is 17.1 Å². The molecule has 0 fully saturated rings. The first-order valence-corrected chi connectivity index (χ1v) is 8.02. The smallest absolute Gasteiger partial charge is 0.328 e. The molecule has 3 aromatic rings. The lowest BCUT2D eigenvalue weighted by atomic mass is 10.1. The van der Waals surface area contributed by atoms with Gasteiger partial charge < -0.3 is 16.0 Å². The molecule has 0 spiro atoms. The fourth-order valence-electron chi connectivity index (χ4n) is 2.48. The minimum atomic E-state index is -0.185. The van der Waals surface area contributed by atoms with Crippen molar-refractivity contribution in [2.24, 2.45) is 11.7 Å². The molecule has 1 atom stereocenters. The Kier molecular flexibility index (Phi) is 4.61. The highest BCUT2D eigenvalue weighted by molar-refractivity contribution is 5.71. The van der Waals surface area contributed by atoms with Crippen molar-refractivity contribution in [2.45, 2.75) is 20.4 Å². The number of benzene rings is 1. The first-order valence-electron chi connectivity index (χ1n) is 8.02. The number of hydrogen-bond acceptors (Lipinski definition) is 5. The topological polar surface area (TPSA) is 102 Å². The van der Waals surface area contributed by atoms with Crippen molar-refractivity contribution in [1.82, 2.24) is 19.5 Å². The minimum Gasteiger partial charge on any atom is -0.354 e. The number of hydrogen-bond donors (Lipinski definition) is 3. The highest BCUT2D eigenvalue weighted by Gasteiger charge is 2.11. The fourth-order valence-corrected chi connectivity index (χ4v) is 2.48. The first kappa shape index (κ1) is 16.2. The molecule has 1 unspecified atom stereocenters. The number of aromatic nitrogens is 4. The van der Waals surface area contributed by atoms with Crippen molar-refractivity contribution in [1.29, 1.82) is 0 Å². The molecule has 0 bridgehead atoms. The van der Waals surface area contributed by atoms with Crippen LogP contribution in [0.4, 0.5) is 5.95 Å². The monoisotopic (exact) mass is 326 g/mol. The summed E-state index contributed by atoms with van der Waals surface area (Å²) in [6, 6.07) is 8.01. The zero-order chi connectivity index (χ0) is 17.1. The summed E-state index contributed by atoms with van der Waals surface area (Å²) in [6.45, 7) is 5.84. The molecule has 126 valence electrons. The maximum Gasteiger partial charge on any atom is 0.328 e. The molecule has 7 heteroatoms. The van der Waals surface area contributed by atoms with E-state index in [0.29, 0.717) is 42.7 Å². The summed E-state index contributed by atoms with van der Waals surface area (Å²) in [4.78, 5) is 23.8. The summed E-state index contributed by atoms with van der Waals surface area (Å²) in [5.74, 6) is 0.824. The number of aryl methyl sites for hydroxylation is 1. The van der Waals surface area contributed by atoms with Gasteiger partial charge in [0.05, 0.1) is 12.7 Å². The summed E-state index contributed by atoms with van der Waals surface area (Å²) in [5, 5.41) is 3.17. The summed E-state index contributed by atoms with van der Waals surface area (Å²) in [7, 11) is 0. The van der Waals surface area contributed by atoms with Crippen LogP contribution in [0.15, 0.2) is 35.3 Å². The van der Waals surface area contributed by atoms with Gasteiger partial charge in [0.2, 0.25) is 5.95 Å². The predicted molar refractivity (Wildman–Crippen MR) is 95.1 cm³/mol. The molecule has 2 heterocycles. The van der Waals surface area contributed by atoms with Gasteiger partial charge in [-0.25, -0.2) is 9.78 Å². The second kappa shape index (κ2) is 6.84. The third-order valence-electron chi connectivity index (χ3n) is 4.11. The molecule has 0 aliphatic rings. The number of rotatable bonds is 6. The normalized spacial score (nSPS) is 12.5. The van der Waals surface area contributed by atoms with E-state index in [9.17, 15) is 4.79 Å². The Hall–Kier alpha value is -2.67. The first-order chi connectivity index (χ1) is 11.6. The largest absolute Gasteiger partial charge is 0.354 e. The fraction of sp³-hybridized carbons (Fsp3) is 0.353. The van der Waals surface area contributed by atoms with Gasteiger partial charge in [0.15, 0.2) is 5.65 Å². The number of fused-ring (bicyclic) bond motifs is 1. The third-order valence-corrected chi connectivity index (χ3v) is 4.11. The molecule has 4 N–H and O–H groups in total. The number of nitrogens with zero attached hydrogens (tertiary/aromatic N) is 3. The van der Waals surface area contributed by atoms with Crippen molar-refractivity contribution in [2.75, 3.05) is 18.4 Å². The zero-order valence-corrected chi connectivity index (χ0v) is 13.9. The molecule has 0 saturated carbocycles. The number of anilines is 1. The highest BCUT2D eigenvalue weighted by Crippen LogP contribution is 2.13. The molecule has 0 aliphatic heterocycles. The van der Waals surface area contributed by atoms with Gasteiger partial charge in [0.25, 0.3) is 0 Å². The number of nitrogens with one attached hydrogen (secondary N) is 2. The highest BCUT2D eigenvalue weighted by atomic mass is 16.1. The van der Waals surface area contributed by atoms with Gasteiger partial charge in [-0.15, -0.1) is 0 Å². The lowest BCUT2D eigenvalue weighted by Crippen LogP contribution is -2.21. The summed E-state index contributed by atoms with van der Waals surface area (Å²) in [5.41, 5.74) is 8.90. The molecule has 7 nitrogen and oxygen atoms in total. The second-order valence-electron chi connectivity index (χ2n) is 6.10. The van der Waals surface area contributed by atoms with Gasteiger partial charge in [-0.2, -0.15) is 4.98 Å². The van der Waals surface area contributed by atoms with E-state index in [1.807, 2.05) is 31.2 Å². The van der Waals surface area contributed by atoms with Crippen LogP contribution in [0.25, 0.3) is 11.2 Å². The maximum atomic E-state index is 12.3. The van der Waals surface area contributed by atoms with Crippen LogP contribution >= 0.6 is 0 Å². The zero-order valence-electron chi connectivity index (χ0n) is 13.9. The molecule has 0 saturated heterocycles. The van der Waals surface area contributed by atoms with Gasteiger partial charge >= 0.3 is 5.69 Å². The molecule has 0 aliphatic carbocycles. The van der Waals surface area contributed by atoms with E-state index in [4.69, 9.17) is 5.73 Å². The van der Waals surface area contributed by atoms with Gasteiger partial charge in [-0.05, 0) is 30.5 Å². The second-order valence-corrected chi connectivity index (χ2v) is 6.10. The van der Waals surface area contributed by atoms with Crippen LogP contribution in [0.1, 0.15) is 18.1 Å². The molecule has 0 radical (unpaired) electrons. The Labute approximate surface area is 139 Å². The SMILES string of the molecule is Cc1ccccc1Cn1c(=O)[nH]c2cnc(NCC(C)CN)nc21. The van der Waals surface area contributed by atoms with Crippen LogP contribution < -0.4 is 16.7 Å². The van der Waals surface area contributed by atoms with E-state index in [2.05, 4.69) is 27.2 Å². The molecule has 2 aromatic heterocycles. The summed E-state index contributed by atoms with van der Waals surface area (Å²) < 4.78 is 1.64. The van der Waals surface area contributed by atoms with Gasteiger partial charge in [0.1, 0.15) is 5.52 Å². The van der Waals surface area contributed by atoms with E-state index in [-0.39, 0.29) is 5.69 Å². The molecule has 1 aromatic carbocycles. The number of H-pyrrole nitrogens is 1. The van der Waals surface area contributed by atoms with Crippen molar-refractivity contribution in [3.63, 3.8) is 0 Å². The molecular weight excluding hydrogens is 304 g/mol. The average Bonchev–Trinajstić information content (AvgIpc) is 2.89. The number of imidazole rings is 1. The third kappa shape index (κ3) is 3.30. The Balaban J connectivity index is 1.94. The Morgan fingerprint density at radius 1 is 1.38 bits per heavy atom. The van der Waals surface area contributed by atoms with E-state index in [1.165, 1.54) is 0 Å². The maximum absolute atomic E-state index is 12.3. The number of aromatic amines is 1. The van der Waals surface area contributed by atoms with Crippen molar-refractivity contribution in [3.05, 3.63) is 52.1 Å². The van der Waals surface area contributed by atoms with Gasteiger partial charge in [-0.3, -0.25) is 4.57 Å². The number of nitrogens with two attached hydrogens (primary N) is 1. The van der Waals surface area contributed by atoms with E-state index in [0.717, 1.165) is 11.1 Å². The van der Waals surface area contributed by atoms with Crippen molar-refractivity contribution < 1.29 is 0 Å². The van der Waals surface area contributed by atoms with Gasteiger partial charge in [0, 0.05) is 6.54 Å². The lowest BCUT2D eigenvalue weighted by molar-refractivity contribution is 0.625. The van der Waals surface area contributed by atoms with Crippen LogP contribution in [-0.4, -0.2) is 32.6 Å². The predicted octanol–water partition coefficient (Wildman–Crippen LogP) is 1.48. The van der Waals surface area contributed by atoms with Crippen LogP contribution in [-0.2, 0) is 6.54 Å².